The lowest BCUT2D eigenvalue weighted by Gasteiger charge is -2.31. The minimum absolute atomic E-state index is 0. The van der Waals surface area contributed by atoms with Gasteiger partial charge in [-0.1, -0.05) is 19.1 Å². The van der Waals surface area contributed by atoms with Gasteiger partial charge in [0.1, 0.15) is 6.10 Å². The summed E-state index contributed by atoms with van der Waals surface area (Å²) in [5.74, 6) is 1.31. The normalized spacial score (nSPS) is 16.3. The van der Waals surface area contributed by atoms with Crippen LogP contribution in [0.5, 0.6) is 5.75 Å². The van der Waals surface area contributed by atoms with Crippen LogP contribution in [-0.4, -0.2) is 55.2 Å². The number of aryl methyl sites for hydroxylation is 1. The molecule has 0 amide bonds. The molecule has 32 heavy (non-hydrogen) atoms. The Morgan fingerprint density at radius 2 is 2.06 bits per heavy atom. The highest BCUT2D eigenvalue weighted by atomic mass is 127. The van der Waals surface area contributed by atoms with E-state index in [0.717, 1.165) is 38.6 Å². The van der Waals surface area contributed by atoms with Crippen LogP contribution < -0.4 is 15.4 Å². The fourth-order valence-electron chi connectivity index (χ4n) is 3.66. The molecule has 178 valence electrons. The second-order valence-corrected chi connectivity index (χ2v) is 8.94. The molecular formula is C23H35FIN5OS. The standard InChI is InChI=1S/C23H34FN5OS.HI/c1-4-22-28-19(16-31-22)15-29-11-9-18(10-12-29)14-27-23(25-3)26-13-17(2)30-21-8-6-5-7-20(21)24;/h5-8,16-18H,4,9-15H2,1-3H3,(H2,25,26,27);1H. The van der Waals surface area contributed by atoms with Crippen LogP contribution in [0.3, 0.4) is 0 Å². The number of nitrogens with zero attached hydrogens (tertiary/aromatic N) is 3. The molecule has 2 aromatic rings. The molecule has 1 saturated heterocycles. The van der Waals surface area contributed by atoms with Crippen LogP contribution in [0.2, 0.25) is 0 Å². The van der Waals surface area contributed by atoms with Gasteiger partial charge in [-0.3, -0.25) is 9.89 Å². The summed E-state index contributed by atoms with van der Waals surface area (Å²) in [5.41, 5.74) is 1.20. The number of para-hydroxylation sites is 1. The third-order valence-corrected chi connectivity index (χ3v) is 6.54. The van der Waals surface area contributed by atoms with Crippen molar-refractivity contribution in [1.29, 1.82) is 0 Å². The van der Waals surface area contributed by atoms with Crippen molar-refractivity contribution in [2.24, 2.45) is 10.9 Å². The second-order valence-electron chi connectivity index (χ2n) is 8.00. The van der Waals surface area contributed by atoms with E-state index in [0.29, 0.717) is 12.5 Å². The largest absolute Gasteiger partial charge is 0.486 e. The van der Waals surface area contributed by atoms with Crippen molar-refractivity contribution in [1.82, 2.24) is 20.5 Å². The monoisotopic (exact) mass is 575 g/mol. The summed E-state index contributed by atoms with van der Waals surface area (Å²) >= 11 is 1.76. The molecule has 2 N–H and O–H groups in total. The first-order valence-electron chi connectivity index (χ1n) is 11.1. The highest BCUT2D eigenvalue weighted by Gasteiger charge is 2.20. The van der Waals surface area contributed by atoms with Crippen molar-refractivity contribution < 1.29 is 9.13 Å². The Bertz CT molecular complexity index is 841. The number of guanidine groups is 1. The molecule has 2 heterocycles. The number of hydrogen-bond acceptors (Lipinski definition) is 5. The van der Waals surface area contributed by atoms with Crippen LogP contribution in [0.4, 0.5) is 4.39 Å². The maximum absolute atomic E-state index is 13.7. The highest BCUT2D eigenvalue weighted by molar-refractivity contribution is 14.0. The summed E-state index contributed by atoms with van der Waals surface area (Å²) in [4.78, 5) is 11.5. The molecule has 6 nitrogen and oxygen atoms in total. The number of benzene rings is 1. The molecule has 1 fully saturated rings. The number of aliphatic imine (C=N–C) groups is 1. The Kier molecular flexibility index (Phi) is 11.7. The molecule has 0 aliphatic carbocycles. The fourth-order valence-corrected chi connectivity index (χ4v) is 4.40. The summed E-state index contributed by atoms with van der Waals surface area (Å²) in [6.45, 7) is 8.66. The van der Waals surface area contributed by atoms with E-state index in [9.17, 15) is 4.39 Å². The van der Waals surface area contributed by atoms with Gasteiger partial charge in [0.25, 0.3) is 0 Å². The maximum Gasteiger partial charge on any atom is 0.191 e. The van der Waals surface area contributed by atoms with Gasteiger partial charge in [-0.25, -0.2) is 9.37 Å². The maximum atomic E-state index is 13.7. The van der Waals surface area contributed by atoms with E-state index in [1.165, 1.54) is 29.6 Å². The minimum Gasteiger partial charge on any atom is -0.486 e. The van der Waals surface area contributed by atoms with Gasteiger partial charge in [0.2, 0.25) is 0 Å². The first-order chi connectivity index (χ1) is 15.1. The van der Waals surface area contributed by atoms with Crippen molar-refractivity contribution in [3.8, 4) is 5.75 Å². The molecule has 1 aromatic heterocycles. The van der Waals surface area contributed by atoms with Crippen LogP contribution in [-0.2, 0) is 13.0 Å². The van der Waals surface area contributed by atoms with Gasteiger partial charge in [0.15, 0.2) is 17.5 Å². The van der Waals surface area contributed by atoms with Gasteiger partial charge in [0, 0.05) is 25.5 Å². The van der Waals surface area contributed by atoms with E-state index >= 15 is 0 Å². The van der Waals surface area contributed by atoms with E-state index in [-0.39, 0.29) is 41.6 Å². The van der Waals surface area contributed by atoms with Gasteiger partial charge in [-0.15, -0.1) is 35.3 Å². The number of rotatable bonds is 9. The lowest BCUT2D eigenvalue weighted by molar-refractivity contribution is 0.176. The zero-order valence-electron chi connectivity index (χ0n) is 19.1. The van der Waals surface area contributed by atoms with Crippen molar-refractivity contribution >= 4 is 41.3 Å². The molecule has 0 spiro atoms. The summed E-state index contributed by atoms with van der Waals surface area (Å²) in [6, 6.07) is 6.47. The predicted molar refractivity (Wildman–Crippen MR) is 141 cm³/mol. The highest BCUT2D eigenvalue weighted by Crippen LogP contribution is 2.20. The molecule has 1 aliphatic heterocycles. The Morgan fingerprint density at radius 3 is 2.72 bits per heavy atom. The van der Waals surface area contributed by atoms with Crippen LogP contribution in [0.1, 0.15) is 37.4 Å². The molecule has 1 unspecified atom stereocenters. The number of piperidine rings is 1. The average Bonchev–Trinajstić information content (AvgIpc) is 3.24. The summed E-state index contributed by atoms with van der Waals surface area (Å²) in [5, 5.41) is 10.1. The Labute approximate surface area is 212 Å². The van der Waals surface area contributed by atoms with E-state index in [4.69, 9.17) is 4.74 Å². The van der Waals surface area contributed by atoms with E-state index < -0.39 is 0 Å². The van der Waals surface area contributed by atoms with Crippen LogP contribution in [0.15, 0.2) is 34.6 Å². The van der Waals surface area contributed by atoms with Gasteiger partial charge < -0.3 is 15.4 Å². The molecule has 3 rings (SSSR count). The van der Waals surface area contributed by atoms with Crippen molar-refractivity contribution in [2.45, 2.75) is 45.8 Å². The van der Waals surface area contributed by atoms with Gasteiger partial charge in [0.05, 0.1) is 17.2 Å². The zero-order chi connectivity index (χ0) is 22.1. The zero-order valence-corrected chi connectivity index (χ0v) is 22.3. The van der Waals surface area contributed by atoms with E-state index in [1.54, 1.807) is 36.6 Å². The van der Waals surface area contributed by atoms with Crippen molar-refractivity contribution in [2.75, 3.05) is 33.2 Å². The quantitative estimate of drug-likeness (QED) is 0.265. The molecular weight excluding hydrogens is 540 g/mol. The third-order valence-electron chi connectivity index (χ3n) is 5.50. The first-order valence-corrected chi connectivity index (χ1v) is 12.0. The number of hydrogen-bond donors (Lipinski definition) is 2. The Balaban J connectivity index is 0.00000363. The molecule has 1 atom stereocenters. The molecule has 1 aliphatic rings. The lowest BCUT2D eigenvalue weighted by atomic mass is 9.97. The van der Waals surface area contributed by atoms with Crippen molar-refractivity contribution in [3.63, 3.8) is 0 Å². The first kappa shape index (κ1) is 26.8. The van der Waals surface area contributed by atoms with Crippen LogP contribution in [0, 0.1) is 11.7 Å². The van der Waals surface area contributed by atoms with Crippen LogP contribution in [0.25, 0.3) is 0 Å². The fraction of sp³-hybridized carbons (Fsp3) is 0.565. The predicted octanol–water partition coefficient (Wildman–Crippen LogP) is 4.31. The van der Waals surface area contributed by atoms with Crippen molar-refractivity contribution in [3.05, 3.63) is 46.2 Å². The molecule has 1 aromatic carbocycles. The summed E-state index contributed by atoms with van der Waals surface area (Å²) < 4.78 is 19.4. The molecule has 0 bridgehead atoms. The smallest absolute Gasteiger partial charge is 0.191 e. The molecule has 0 saturated carbocycles. The number of aromatic nitrogens is 1. The lowest BCUT2D eigenvalue weighted by Crippen LogP contribution is -2.45. The van der Waals surface area contributed by atoms with Gasteiger partial charge in [-0.2, -0.15) is 0 Å². The number of nitrogens with one attached hydrogen (secondary N) is 2. The summed E-state index contributed by atoms with van der Waals surface area (Å²) in [7, 11) is 1.76. The molecule has 0 radical (unpaired) electrons. The summed E-state index contributed by atoms with van der Waals surface area (Å²) in [6.07, 6.45) is 3.17. The van der Waals surface area contributed by atoms with Crippen LogP contribution >= 0.6 is 35.3 Å². The number of halogens is 2. The van der Waals surface area contributed by atoms with Gasteiger partial charge >= 0.3 is 0 Å². The third kappa shape index (κ3) is 8.47. The number of thiazole rings is 1. The molecule has 9 heteroatoms. The minimum atomic E-state index is -0.344. The average molecular weight is 576 g/mol. The SMILES string of the molecule is CCc1nc(CN2CCC(CNC(=NC)NCC(C)Oc3ccccc3F)CC2)cs1.I. The number of likely N-dealkylation sites (tertiary alicyclic amines) is 1. The van der Waals surface area contributed by atoms with E-state index in [1.807, 2.05) is 6.92 Å². The topological polar surface area (TPSA) is 61.8 Å². The second kappa shape index (κ2) is 13.9. The Morgan fingerprint density at radius 1 is 1.31 bits per heavy atom. The van der Waals surface area contributed by atoms with E-state index in [2.05, 4.69) is 37.8 Å². The van der Waals surface area contributed by atoms with Gasteiger partial charge in [-0.05, 0) is 57.3 Å². The Hall–Kier alpha value is -1.46. The number of ether oxygens (including phenoxy) is 1.